The molecule has 0 amide bonds. The molecule has 1 heterocycles. The van der Waals surface area contributed by atoms with Gasteiger partial charge in [0.1, 0.15) is 17.1 Å². The van der Waals surface area contributed by atoms with E-state index in [1.807, 2.05) is 19.9 Å². The standard InChI is InChI=1S/C21H32O4/c1-6-7-8-9-10-20(2,3)14-11-16(22)18-15(19(23)24)13-21(4,5)25-17(18)12-14/h11-12,15,22H,6-10,13H2,1-5H3,(H,23,24). The number of hydrogen-bond donors (Lipinski definition) is 2. The van der Waals surface area contributed by atoms with E-state index >= 15 is 0 Å². The maximum absolute atomic E-state index is 11.7. The van der Waals surface area contributed by atoms with Crippen LogP contribution in [0.3, 0.4) is 0 Å². The quantitative estimate of drug-likeness (QED) is 0.650. The molecule has 2 rings (SSSR count). The number of phenolic OH excluding ortho intramolecular Hbond substituents is 1. The molecule has 0 saturated carbocycles. The molecule has 4 nitrogen and oxygen atoms in total. The first kappa shape index (κ1) is 19.6. The van der Waals surface area contributed by atoms with E-state index in [9.17, 15) is 15.0 Å². The van der Waals surface area contributed by atoms with Gasteiger partial charge in [-0.25, -0.2) is 0 Å². The van der Waals surface area contributed by atoms with Crippen LogP contribution in [-0.2, 0) is 10.2 Å². The van der Waals surface area contributed by atoms with E-state index < -0.39 is 17.5 Å². The molecule has 0 spiro atoms. The molecule has 2 N–H and O–H groups in total. The number of fused-ring (bicyclic) bond motifs is 1. The minimum Gasteiger partial charge on any atom is -0.507 e. The third-order valence-corrected chi connectivity index (χ3v) is 5.29. The molecule has 1 aliphatic heterocycles. The summed E-state index contributed by atoms with van der Waals surface area (Å²) in [4.78, 5) is 11.7. The van der Waals surface area contributed by atoms with Gasteiger partial charge in [-0.1, -0.05) is 46.5 Å². The van der Waals surface area contributed by atoms with Gasteiger partial charge in [0.15, 0.2) is 0 Å². The largest absolute Gasteiger partial charge is 0.507 e. The van der Waals surface area contributed by atoms with E-state index in [1.54, 1.807) is 6.07 Å². The van der Waals surface area contributed by atoms with E-state index in [0.717, 1.165) is 18.4 Å². The Morgan fingerprint density at radius 3 is 2.56 bits per heavy atom. The lowest BCUT2D eigenvalue weighted by atomic mass is 9.77. The van der Waals surface area contributed by atoms with Crippen LogP contribution in [0.1, 0.15) is 90.2 Å². The number of phenols is 1. The Kier molecular flexibility index (Phi) is 5.70. The molecule has 1 unspecified atom stereocenters. The van der Waals surface area contributed by atoms with Gasteiger partial charge >= 0.3 is 5.97 Å². The molecule has 1 aromatic carbocycles. The van der Waals surface area contributed by atoms with Crippen LogP contribution >= 0.6 is 0 Å². The van der Waals surface area contributed by atoms with E-state index in [0.29, 0.717) is 17.7 Å². The molecule has 0 fully saturated rings. The fourth-order valence-electron chi connectivity index (χ4n) is 3.72. The molecule has 0 bridgehead atoms. The van der Waals surface area contributed by atoms with Gasteiger partial charge in [0.05, 0.1) is 11.5 Å². The molecule has 1 atom stereocenters. The monoisotopic (exact) mass is 348 g/mol. The second kappa shape index (κ2) is 7.27. The van der Waals surface area contributed by atoms with Crippen LogP contribution < -0.4 is 4.74 Å². The van der Waals surface area contributed by atoms with Crippen LogP contribution in [0.25, 0.3) is 0 Å². The van der Waals surface area contributed by atoms with Crippen molar-refractivity contribution < 1.29 is 19.7 Å². The molecule has 1 aromatic rings. The number of carboxylic acids is 1. The number of carbonyl (C=O) groups is 1. The van der Waals surface area contributed by atoms with Gasteiger partial charge < -0.3 is 14.9 Å². The summed E-state index contributed by atoms with van der Waals surface area (Å²) in [5, 5.41) is 20.1. The molecular formula is C21H32O4. The van der Waals surface area contributed by atoms with Crippen molar-refractivity contribution >= 4 is 5.97 Å². The van der Waals surface area contributed by atoms with Crippen LogP contribution in [-0.4, -0.2) is 21.8 Å². The van der Waals surface area contributed by atoms with Crippen LogP contribution in [0.4, 0.5) is 0 Å². The topological polar surface area (TPSA) is 66.8 Å². The van der Waals surface area contributed by atoms with Crippen molar-refractivity contribution in [2.24, 2.45) is 0 Å². The maximum Gasteiger partial charge on any atom is 0.311 e. The van der Waals surface area contributed by atoms with Crippen molar-refractivity contribution in [2.75, 3.05) is 0 Å². The Labute approximate surface area is 151 Å². The summed E-state index contributed by atoms with van der Waals surface area (Å²) in [6.07, 6.45) is 6.17. The smallest absolute Gasteiger partial charge is 0.311 e. The van der Waals surface area contributed by atoms with Gasteiger partial charge in [-0.3, -0.25) is 4.79 Å². The predicted molar refractivity (Wildman–Crippen MR) is 99.6 cm³/mol. The van der Waals surface area contributed by atoms with E-state index in [2.05, 4.69) is 20.8 Å². The average molecular weight is 348 g/mol. The Morgan fingerprint density at radius 2 is 1.96 bits per heavy atom. The Hall–Kier alpha value is -1.71. The maximum atomic E-state index is 11.7. The first-order chi connectivity index (χ1) is 11.6. The summed E-state index contributed by atoms with van der Waals surface area (Å²) in [6, 6.07) is 3.67. The Bertz CT molecular complexity index is 631. The second-order valence-corrected chi connectivity index (χ2v) is 8.56. The lowest BCUT2D eigenvalue weighted by Crippen LogP contribution is -2.37. The van der Waals surface area contributed by atoms with Gasteiger partial charge in [-0.2, -0.15) is 0 Å². The Balaban J connectivity index is 2.35. The highest BCUT2D eigenvalue weighted by molar-refractivity contribution is 5.79. The van der Waals surface area contributed by atoms with Crippen LogP contribution in [0.5, 0.6) is 11.5 Å². The van der Waals surface area contributed by atoms with Gasteiger partial charge in [-0.05, 0) is 43.4 Å². The first-order valence-corrected chi connectivity index (χ1v) is 9.36. The van der Waals surface area contributed by atoms with Crippen molar-refractivity contribution in [3.05, 3.63) is 23.3 Å². The van der Waals surface area contributed by atoms with Gasteiger partial charge in [-0.15, -0.1) is 0 Å². The summed E-state index contributed by atoms with van der Waals surface area (Å²) in [7, 11) is 0. The molecule has 1 aliphatic rings. The molecule has 25 heavy (non-hydrogen) atoms. The van der Waals surface area contributed by atoms with Gasteiger partial charge in [0, 0.05) is 6.42 Å². The summed E-state index contributed by atoms with van der Waals surface area (Å²) >= 11 is 0. The zero-order valence-corrected chi connectivity index (χ0v) is 16.2. The highest BCUT2D eigenvalue weighted by Gasteiger charge is 2.40. The number of hydrogen-bond acceptors (Lipinski definition) is 3. The molecule has 0 aliphatic carbocycles. The van der Waals surface area contributed by atoms with Crippen molar-refractivity contribution in [2.45, 2.75) is 90.1 Å². The SMILES string of the molecule is CCCCCCC(C)(C)c1cc(O)c2c(c1)OC(C)(C)CC2C(=O)O. The van der Waals surface area contributed by atoms with Crippen LogP contribution in [0.2, 0.25) is 0 Å². The summed E-state index contributed by atoms with van der Waals surface area (Å²) < 4.78 is 6.04. The number of ether oxygens (including phenoxy) is 1. The molecule has 4 heteroatoms. The minimum absolute atomic E-state index is 0.0389. The highest BCUT2D eigenvalue weighted by Crippen LogP contribution is 2.47. The van der Waals surface area contributed by atoms with Crippen molar-refractivity contribution in [1.82, 2.24) is 0 Å². The lowest BCUT2D eigenvalue weighted by Gasteiger charge is -2.37. The van der Waals surface area contributed by atoms with E-state index in [1.165, 1.54) is 19.3 Å². The number of aliphatic carboxylic acids is 1. The third-order valence-electron chi connectivity index (χ3n) is 5.29. The van der Waals surface area contributed by atoms with Crippen LogP contribution in [0, 0.1) is 0 Å². The fraction of sp³-hybridized carbons (Fsp3) is 0.667. The molecule has 0 radical (unpaired) electrons. The number of carboxylic acid groups (broad SMARTS) is 1. The summed E-state index contributed by atoms with van der Waals surface area (Å²) in [6.45, 7) is 10.3. The van der Waals surface area contributed by atoms with Gasteiger partial charge in [0.25, 0.3) is 0 Å². The predicted octanol–water partition coefficient (Wildman–Crippen LogP) is 5.37. The van der Waals surface area contributed by atoms with Crippen molar-refractivity contribution in [1.29, 1.82) is 0 Å². The number of rotatable bonds is 7. The average Bonchev–Trinajstić information content (AvgIpc) is 2.49. The zero-order valence-electron chi connectivity index (χ0n) is 16.2. The number of aromatic hydroxyl groups is 1. The van der Waals surface area contributed by atoms with Gasteiger partial charge in [0.2, 0.25) is 0 Å². The molecule has 0 aromatic heterocycles. The first-order valence-electron chi connectivity index (χ1n) is 9.36. The summed E-state index contributed by atoms with van der Waals surface area (Å²) in [5.74, 6) is -1.10. The number of unbranched alkanes of at least 4 members (excludes halogenated alkanes) is 3. The normalized spacial score (nSPS) is 19.2. The minimum atomic E-state index is -0.917. The Morgan fingerprint density at radius 1 is 1.28 bits per heavy atom. The second-order valence-electron chi connectivity index (χ2n) is 8.56. The van der Waals surface area contributed by atoms with Crippen molar-refractivity contribution in [3.63, 3.8) is 0 Å². The molecular weight excluding hydrogens is 316 g/mol. The van der Waals surface area contributed by atoms with E-state index in [-0.39, 0.29) is 11.2 Å². The lowest BCUT2D eigenvalue weighted by molar-refractivity contribution is -0.140. The molecule has 0 saturated heterocycles. The number of benzene rings is 1. The zero-order chi connectivity index (χ0) is 18.8. The fourth-order valence-corrected chi connectivity index (χ4v) is 3.72. The van der Waals surface area contributed by atoms with E-state index in [4.69, 9.17) is 4.74 Å². The molecule has 140 valence electrons. The summed E-state index contributed by atoms with van der Waals surface area (Å²) in [5.41, 5.74) is 0.760. The third kappa shape index (κ3) is 4.47. The highest BCUT2D eigenvalue weighted by atomic mass is 16.5. The van der Waals surface area contributed by atoms with Crippen LogP contribution in [0.15, 0.2) is 12.1 Å². The van der Waals surface area contributed by atoms with Crippen molar-refractivity contribution in [3.8, 4) is 11.5 Å².